The topological polar surface area (TPSA) is 42.2 Å². The van der Waals surface area contributed by atoms with Gasteiger partial charge in [0.05, 0.1) is 0 Å². The molecule has 1 heterocycles. The Hall–Kier alpha value is -1.77. The lowest BCUT2D eigenvalue weighted by atomic mass is 10.1. The minimum absolute atomic E-state index is 0.367. The average molecular weight is 189 g/mol. The number of benzene rings is 1. The normalized spacial score (nSPS) is 10.7. The van der Waals surface area contributed by atoms with E-state index in [-0.39, 0.29) is 0 Å². The summed E-state index contributed by atoms with van der Waals surface area (Å²) < 4.78 is 1.72. The molecule has 0 unspecified atom stereocenters. The number of carboxylic acid groups (broad SMARTS) is 1. The molecule has 1 N–H and O–H groups in total. The smallest absolute Gasteiger partial charge is 0.352 e. The van der Waals surface area contributed by atoms with Gasteiger partial charge in [-0.05, 0) is 18.6 Å². The van der Waals surface area contributed by atoms with Crippen molar-refractivity contribution in [3.05, 3.63) is 35.5 Å². The van der Waals surface area contributed by atoms with Crippen molar-refractivity contribution in [1.82, 2.24) is 4.57 Å². The fraction of sp³-hybridized carbons (Fsp3) is 0.182. The van der Waals surface area contributed by atoms with E-state index in [2.05, 4.69) is 0 Å². The molecular weight excluding hydrogens is 178 g/mol. The molecule has 0 saturated heterocycles. The summed E-state index contributed by atoms with van der Waals surface area (Å²) in [6.07, 6.45) is 0. The molecule has 0 spiro atoms. The molecule has 14 heavy (non-hydrogen) atoms. The van der Waals surface area contributed by atoms with Crippen molar-refractivity contribution >= 4 is 16.9 Å². The van der Waals surface area contributed by atoms with Crippen LogP contribution in [-0.2, 0) is 7.05 Å². The van der Waals surface area contributed by atoms with Crippen LogP contribution in [0.2, 0.25) is 0 Å². The van der Waals surface area contributed by atoms with E-state index in [4.69, 9.17) is 5.11 Å². The summed E-state index contributed by atoms with van der Waals surface area (Å²) in [5.74, 6) is -0.874. The van der Waals surface area contributed by atoms with Crippen LogP contribution in [0.3, 0.4) is 0 Å². The first-order chi connectivity index (χ1) is 6.63. The molecule has 3 heteroatoms. The molecule has 0 atom stereocenters. The molecule has 0 saturated carbocycles. The summed E-state index contributed by atoms with van der Waals surface area (Å²) in [5, 5.41) is 10.0. The van der Waals surface area contributed by atoms with Crippen LogP contribution in [0.4, 0.5) is 0 Å². The van der Waals surface area contributed by atoms with E-state index in [0.29, 0.717) is 5.69 Å². The standard InChI is InChI=1S/C11H11NO2/c1-7-8-5-3-4-6-9(8)12(2)10(7)11(13)14/h3-6H,1-2H3,(H,13,14). The van der Waals surface area contributed by atoms with Gasteiger partial charge < -0.3 is 9.67 Å². The first-order valence-corrected chi connectivity index (χ1v) is 4.40. The number of aromatic nitrogens is 1. The highest BCUT2D eigenvalue weighted by Crippen LogP contribution is 2.23. The average Bonchev–Trinajstić information content (AvgIpc) is 2.41. The number of hydrogen-bond donors (Lipinski definition) is 1. The van der Waals surface area contributed by atoms with E-state index in [0.717, 1.165) is 16.5 Å². The Kier molecular flexibility index (Phi) is 1.81. The molecule has 2 rings (SSSR count). The molecule has 0 bridgehead atoms. The molecule has 0 aliphatic heterocycles. The Balaban J connectivity index is 2.92. The fourth-order valence-corrected chi connectivity index (χ4v) is 1.89. The number of aryl methyl sites for hydroxylation is 2. The van der Waals surface area contributed by atoms with Crippen molar-refractivity contribution in [3.63, 3.8) is 0 Å². The Bertz CT molecular complexity index is 472. The quantitative estimate of drug-likeness (QED) is 0.747. The summed E-state index contributed by atoms with van der Waals surface area (Å²) in [6.45, 7) is 1.84. The largest absolute Gasteiger partial charge is 0.477 e. The maximum absolute atomic E-state index is 11.0. The molecule has 0 radical (unpaired) electrons. The number of carboxylic acids is 1. The van der Waals surface area contributed by atoms with Gasteiger partial charge in [-0.25, -0.2) is 4.79 Å². The summed E-state index contributed by atoms with van der Waals surface area (Å²) in [6, 6.07) is 7.69. The third-order valence-electron chi connectivity index (χ3n) is 2.56. The SMILES string of the molecule is Cc1c(C(=O)O)n(C)c2ccccc12. The van der Waals surface area contributed by atoms with Crippen LogP contribution in [0.1, 0.15) is 16.1 Å². The summed E-state index contributed by atoms with van der Waals surface area (Å²) in [5.41, 5.74) is 2.16. The fourth-order valence-electron chi connectivity index (χ4n) is 1.89. The second-order valence-corrected chi connectivity index (χ2v) is 3.35. The first-order valence-electron chi connectivity index (χ1n) is 4.40. The van der Waals surface area contributed by atoms with Crippen molar-refractivity contribution in [2.45, 2.75) is 6.92 Å². The van der Waals surface area contributed by atoms with E-state index < -0.39 is 5.97 Å². The van der Waals surface area contributed by atoms with Crippen molar-refractivity contribution in [2.75, 3.05) is 0 Å². The van der Waals surface area contributed by atoms with Crippen LogP contribution in [0.5, 0.6) is 0 Å². The van der Waals surface area contributed by atoms with Gasteiger partial charge in [0.25, 0.3) is 0 Å². The molecule has 0 fully saturated rings. The lowest BCUT2D eigenvalue weighted by molar-refractivity contribution is 0.0686. The van der Waals surface area contributed by atoms with Gasteiger partial charge in [0.15, 0.2) is 0 Å². The maximum Gasteiger partial charge on any atom is 0.352 e. The van der Waals surface area contributed by atoms with E-state index in [1.165, 1.54) is 0 Å². The highest BCUT2D eigenvalue weighted by molar-refractivity contribution is 5.97. The third-order valence-corrected chi connectivity index (χ3v) is 2.56. The van der Waals surface area contributed by atoms with Crippen LogP contribution in [0.15, 0.2) is 24.3 Å². The lowest BCUT2D eigenvalue weighted by Crippen LogP contribution is -2.05. The number of aromatic carboxylic acids is 1. The van der Waals surface area contributed by atoms with Crippen LogP contribution in [-0.4, -0.2) is 15.6 Å². The molecule has 3 nitrogen and oxygen atoms in total. The van der Waals surface area contributed by atoms with Gasteiger partial charge in [0.1, 0.15) is 5.69 Å². The second-order valence-electron chi connectivity index (χ2n) is 3.35. The van der Waals surface area contributed by atoms with Gasteiger partial charge in [-0.3, -0.25) is 0 Å². The molecule has 1 aromatic carbocycles. The van der Waals surface area contributed by atoms with Gasteiger partial charge in [0.2, 0.25) is 0 Å². The minimum Gasteiger partial charge on any atom is -0.477 e. The summed E-state index contributed by atoms with van der Waals surface area (Å²) in [4.78, 5) is 11.0. The van der Waals surface area contributed by atoms with Crippen molar-refractivity contribution in [1.29, 1.82) is 0 Å². The Morgan fingerprint density at radius 1 is 1.36 bits per heavy atom. The zero-order valence-electron chi connectivity index (χ0n) is 8.11. The zero-order valence-corrected chi connectivity index (χ0v) is 8.11. The number of para-hydroxylation sites is 1. The first kappa shape index (κ1) is 8.81. The Labute approximate surface area is 81.6 Å². The number of fused-ring (bicyclic) bond motifs is 1. The van der Waals surface area contributed by atoms with Gasteiger partial charge in [0, 0.05) is 18.0 Å². The van der Waals surface area contributed by atoms with Crippen LogP contribution >= 0.6 is 0 Å². The molecule has 2 aromatic rings. The second kappa shape index (κ2) is 2.87. The zero-order chi connectivity index (χ0) is 10.3. The molecule has 0 aliphatic carbocycles. The van der Waals surface area contributed by atoms with Crippen LogP contribution in [0, 0.1) is 6.92 Å². The van der Waals surface area contributed by atoms with E-state index in [1.54, 1.807) is 11.6 Å². The molecular formula is C11H11NO2. The Morgan fingerprint density at radius 2 is 2.00 bits per heavy atom. The molecule has 1 aromatic heterocycles. The third kappa shape index (κ3) is 1.02. The van der Waals surface area contributed by atoms with E-state index >= 15 is 0 Å². The summed E-state index contributed by atoms with van der Waals surface area (Å²) in [7, 11) is 1.78. The summed E-state index contributed by atoms with van der Waals surface area (Å²) >= 11 is 0. The van der Waals surface area contributed by atoms with E-state index in [9.17, 15) is 4.79 Å². The van der Waals surface area contributed by atoms with Gasteiger partial charge >= 0.3 is 5.97 Å². The number of rotatable bonds is 1. The highest BCUT2D eigenvalue weighted by Gasteiger charge is 2.16. The molecule has 0 amide bonds. The lowest BCUT2D eigenvalue weighted by Gasteiger charge is -1.98. The number of carbonyl (C=O) groups is 1. The van der Waals surface area contributed by atoms with Crippen LogP contribution in [0.25, 0.3) is 10.9 Å². The predicted octanol–water partition coefficient (Wildman–Crippen LogP) is 2.18. The number of nitrogens with zero attached hydrogens (tertiary/aromatic N) is 1. The van der Waals surface area contributed by atoms with Crippen LogP contribution < -0.4 is 0 Å². The van der Waals surface area contributed by atoms with Gasteiger partial charge in [-0.15, -0.1) is 0 Å². The van der Waals surface area contributed by atoms with Gasteiger partial charge in [-0.2, -0.15) is 0 Å². The molecule has 0 aliphatic rings. The molecule has 72 valence electrons. The van der Waals surface area contributed by atoms with Crippen molar-refractivity contribution in [3.8, 4) is 0 Å². The number of hydrogen-bond acceptors (Lipinski definition) is 1. The van der Waals surface area contributed by atoms with Crippen molar-refractivity contribution < 1.29 is 9.90 Å². The predicted molar refractivity (Wildman–Crippen MR) is 54.6 cm³/mol. The van der Waals surface area contributed by atoms with Crippen molar-refractivity contribution in [2.24, 2.45) is 7.05 Å². The highest BCUT2D eigenvalue weighted by atomic mass is 16.4. The monoisotopic (exact) mass is 189 g/mol. The Morgan fingerprint density at radius 3 is 2.57 bits per heavy atom. The maximum atomic E-state index is 11.0. The van der Waals surface area contributed by atoms with E-state index in [1.807, 2.05) is 31.2 Å². The van der Waals surface area contributed by atoms with Gasteiger partial charge in [-0.1, -0.05) is 18.2 Å². The minimum atomic E-state index is -0.874.